The monoisotopic (exact) mass is 296 g/mol. The number of hydrogen-bond acceptors (Lipinski definition) is 5. The smallest absolute Gasteiger partial charge is 0.340 e. The van der Waals surface area contributed by atoms with Gasteiger partial charge in [-0.25, -0.2) is 9.18 Å². The molecule has 114 valence electrons. The third-order valence-corrected chi connectivity index (χ3v) is 3.86. The van der Waals surface area contributed by atoms with E-state index in [1.165, 1.54) is 6.07 Å². The number of anilines is 1. The van der Waals surface area contributed by atoms with E-state index in [4.69, 9.17) is 0 Å². The molecule has 1 aromatic carbocycles. The van der Waals surface area contributed by atoms with Crippen molar-refractivity contribution in [2.45, 2.75) is 32.2 Å². The summed E-state index contributed by atoms with van der Waals surface area (Å²) in [6, 6.07) is 2.00. The molecule has 0 amide bonds. The van der Waals surface area contributed by atoms with Crippen LogP contribution < -0.4 is 4.90 Å². The average Bonchev–Trinajstić information content (AvgIpc) is 2.77. The predicted molar refractivity (Wildman–Crippen MR) is 75.1 cm³/mol. The van der Waals surface area contributed by atoms with E-state index in [9.17, 15) is 19.3 Å². The topological polar surface area (TPSA) is 72.7 Å². The van der Waals surface area contributed by atoms with Crippen LogP contribution in [-0.4, -0.2) is 30.1 Å². The lowest BCUT2D eigenvalue weighted by Crippen LogP contribution is -2.38. The summed E-state index contributed by atoms with van der Waals surface area (Å²) in [5, 5.41) is 11.2. The Hall–Kier alpha value is -2.18. The van der Waals surface area contributed by atoms with Crippen LogP contribution in [0.1, 0.15) is 37.0 Å². The van der Waals surface area contributed by atoms with E-state index >= 15 is 0 Å². The second-order valence-corrected chi connectivity index (χ2v) is 5.64. The zero-order valence-corrected chi connectivity index (χ0v) is 12.2. The molecule has 0 atom stereocenters. The molecule has 21 heavy (non-hydrogen) atoms. The van der Waals surface area contributed by atoms with E-state index in [-0.39, 0.29) is 22.5 Å². The lowest BCUT2D eigenvalue weighted by atomic mass is 10.0. The molecule has 6 nitrogen and oxygen atoms in total. The molecule has 0 unspecified atom stereocenters. The van der Waals surface area contributed by atoms with Crippen LogP contribution >= 0.6 is 0 Å². The van der Waals surface area contributed by atoms with Gasteiger partial charge in [-0.2, -0.15) is 0 Å². The van der Waals surface area contributed by atoms with Gasteiger partial charge in [0, 0.05) is 12.1 Å². The van der Waals surface area contributed by atoms with Gasteiger partial charge in [0.05, 0.1) is 23.7 Å². The molecule has 0 N–H and O–H groups in total. The quantitative estimate of drug-likeness (QED) is 0.487. The van der Waals surface area contributed by atoms with Gasteiger partial charge >= 0.3 is 5.97 Å². The van der Waals surface area contributed by atoms with Gasteiger partial charge < -0.3 is 9.64 Å². The summed E-state index contributed by atoms with van der Waals surface area (Å²) in [7, 11) is 1.14. The predicted octanol–water partition coefficient (Wildman–Crippen LogP) is 2.90. The zero-order valence-electron chi connectivity index (χ0n) is 12.2. The normalized spacial score (nSPS) is 16.9. The number of carbonyl (C=O) groups excluding carboxylic acids is 1. The molecule has 0 radical (unpaired) electrons. The maximum absolute atomic E-state index is 13.9. The van der Waals surface area contributed by atoms with E-state index in [0.29, 0.717) is 6.54 Å². The average molecular weight is 296 g/mol. The highest BCUT2D eigenvalue weighted by molar-refractivity contribution is 5.92. The van der Waals surface area contributed by atoms with Gasteiger partial charge in [-0.1, -0.05) is 0 Å². The molecule has 1 aliphatic heterocycles. The van der Waals surface area contributed by atoms with Crippen molar-refractivity contribution in [3.8, 4) is 0 Å². The van der Waals surface area contributed by atoms with Crippen molar-refractivity contribution in [3.63, 3.8) is 0 Å². The van der Waals surface area contributed by atoms with Gasteiger partial charge in [0.2, 0.25) is 0 Å². The molecule has 1 aromatic rings. The molecule has 0 aliphatic carbocycles. The number of rotatable bonds is 3. The fourth-order valence-electron chi connectivity index (χ4n) is 2.73. The molecule has 1 saturated heterocycles. The lowest BCUT2D eigenvalue weighted by Gasteiger charge is -2.33. The Morgan fingerprint density at radius 3 is 2.62 bits per heavy atom. The van der Waals surface area contributed by atoms with Crippen LogP contribution in [0.2, 0.25) is 0 Å². The van der Waals surface area contributed by atoms with Crippen molar-refractivity contribution >= 4 is 17.3 Å². The zero-order chi connectivity index (χ0) is 15.8. The van der Waals surface area contributed by atoms with Gasteiger partial charge in [-0.3, -0.25) is 10.1 Å². The summed E-state index contributed by atoms with van der Waals surface area (Å²) >= 11 is 0. The summed E-state index contributed by atoms with van der Waals surface area (Å²) in [6.45, 7) is 4.55. The first kappa shape index (κ1) is 15.2. The van der Waals surface area contributed by atoms with Crippen LogP contribution in [0.25, 0.3) is 0 Å². The summed E-state index contributed by atoms with van der Waals surface area (Å²) < 4.78 is 18.4. The minimum Gasteiger partial charge on any atom is -0.465 e. The SMILES string of the molecule is COC(=O)c1cc(N2CCCC2(C)C)c([N+](=O)[O-])cc1F. The summed E-state index contributed by atoms with van der Waals surface area (Å²) in [4.78, 5) is 24.0. The van der Waals surface area contributed by atoms with E-state index in [2.05, 4.69) is 4.74 Å². The third-order valence-electron chi connectivity index (χ3n) is 3.86. The van der Waals surface area contributed by atoms with Crippen LogP contribution in [0.4, 0.5) is 15.8 Å². The Kier molecular flexibility index (Phi) is 3.85. The number of hydrogen-bond donors (Lipinski definition) is 0. The second-order valence-electron chi connectivity index (χ2n) is 5.64. The first-order valence-corrected chi connectivity index (χ1v) is 6.62. The van der Waals surface area contributed by atoms with Gasteiger partial charge in [0.1, 0.15) is 11.5 Å². The number of ether oxygens (including phenoxy) is 1. The number of halogens is 1. The molecule has 0 aromatic heterocycles. The van der Waals surface area contributed by atoms with Gasteiger partial charge in [-0.05, 0) is 32.8 Å². The van der Waals surface area contributed by atoms with Gasteiger partial charge in [0.25, 0.3) is 5.69 Å². The van der Waals surface area contributed by atoms with E-state index < -0.39 is 16.7 Å². The minimum absolute atomic E-state index is 0.254. The molecule has 1 heterocycles. The van der Waals surface area contributed by atoms with Crippen molar-refractivity contribution in [2.24, 2.45) is 0 Å². The molecule has 1 fully saturated rings. The molecule has 0 saturated carbocycles. The maximum Gasteiger partial charge on any atom is 0.340 e. The summed E-state index contributed by atoms with van der Waals surface area (Å²) in [5.41, 5.74) is -0.657. The molecular formula is C14H17FN2O4. The van der Waals surface area contributed by atoms with Crippen molar-refractivity contribution in [3.05, 3.63) is 33.6 Å². The van der Waals surface area contributed by atoms with E-state index in [1.807, 2.05) is 18.7 Å². The minimum atomic E-state index is -0.950. The number of benzene rings is 1. The third kappa shape index (κ3) is 2.68. The molecule has 2 rings (SSSR count). The van der Waals surface area contributed by atoms with Crippen LogP contribution in [-0.2, 0) is 4.74 Å². The molecule has 1 aliphatic rings. The summed E-state index contributed by atoms with van der Waals surface area (Å²) in [5.74, 6) is -1.80. The Labute approximate surface area is 121 Å². The standard InChI is InChI=1S/C14H17FN2O4/c1-14(2)5-4-6-16(14)11-7-9(13(18)21-3)10(15)8-12(11)17(19)20/h7-8H,4-6H2,1-3H3. The second kappa shape index (κ2) is 5.31. The van der Waals surface area contributed by atoms with Crippen LogP contribution in [0, 0.1) is 15.9 Å². The van der Waals surface area contributed by atoms with Gasteiger partial charge in [-0.15, -0.1) is 0 Å². The number of nitro groups is 1. The van der Waals surface area contributed by atoms with E-state index in [0.717, 1.165) is 26.0 Å². The molecule has 0 bridgehead atoms. The fourth-order valence-corrected chi connectivity index (χ4v) is 2.73. The largest absolute Gasteiger partial charge is 0.465 e. The molecule has 7 heteroatoms. The fraction of sp³-hybridized carbons (Fsp3) is 0.500. The Morgan fingerprint density at radius 1 is 1.48 bits per heavy atom. The lowest BCUT2D eigenvalue weighted by molar-refractivity contribution is -0.384. The highest BCUT2D eigenvalue weighted by Crippen LogP contribution is 2.40. The van der Waals surface area contributed by atoms with Crippen LogP contribution in [0.3, 0.4) is 0 Å². The maximum atomic E-state index is 13.9. The first-order valence-electron chi connectivity index (χ1n) is 6.62. The number of nitrogens with zero attached hydrogens (tertiary/aromatic N) is 2. The number of methoxy groups -OCH3 is 1. The Bertz CT molecular complexity index is 601. The highest BCUT2D eigenvalue weighted by Gasteiger charge is 2.36. The highest BCUT2D eigenvalue weighted by atomic mass is 19.1. The van der Waals surface area contributed by atoms with Crippen molar-refractivity contribution in [1.29, 1.82) is 0 Å². The number of nitro benzene ring substituents is 1. The Balaban J connectivity index is 2.61. The number of carbonyl (C=O) groups is 1. The first-order chi connectivity index (χ1) is 9.77. The van der Waals surface area contributed by atoms with Crippen molar-refractivity contribution in [2.75, 3.05) is 18.6 Å². The Morgan fingerprint density at radius 2 is 2.14 bits per heavy atom. The summed E-state index contributed by atoms with van der Waals surface area (Å²) in [6.07, 6.45) is 1.75. The van der Waals surface area contributed by atoms with Crippen molar-refractivity contribution < 1.29 is 18.8 Å². The van der Waals surface area contributed by atoms with Crippen molar-refractivity contribution in [1.82, 2.24) is 0 Å². The molecular weight excluding hydrogens is 279 g/mol. The number of esters is 1. The van der Waals surface area contributed by atoms with E-state index in [1.54, 1.807) is 0 Å². The van der Waals surface area contributed by atoms with Gasteiger partial charge in [0.15, 0.2) is 0 Å². The molecule has 0 spiro atoms. The van der Waals surface area contributed by atoms with Crippen LogP contribution in [0.15, 0.2) is 12.1 Å². The van der Waals surface area contributed by atoms with Crippen LogP contribution in [0.5, 0.6) is 0 Å².